The molecule has 1 N–H and O–H groups in total. The van der Waals surface area contributed by atoms with Crippen LogP contribution in [0, 0.1) is 11.8 Å². The maximum atomic E-state index is 9.92. The summed E-state index contributed by atoms with van der Waals surface area (Å²) in [5.74, 6) is 5.90. The van der Waals surface area contributed by atoms with Crippen molar-refractivity contribution in [2.75, 3.05) is 0 Å². The van der Waals surface area contributed by atoms with E-state index in [2.05, 4.69) is 11.8 Å². The molecule has 0 spiro atoms. The first-order chi connectivity index (χ1) is 6.79. The van der Waals surface area contributed by atoms with Gasteiger partial charge in [-0.15, -0.1) is 0 Å². The molecule has 0 fully saturated rings. The van der Waals surface area contributed by atoms with Crippen LogP contribution in [0.3, 0.4) is 0 Å². The Labute approximate surface area is 84.1 Å². The minimum absolute atomic E-state index is 0.646. The molecule has 1 heteroatoms. The van der Waals surface area contributed by atoms with Crippen molar-refractivity contribution in [2.24, 2.45) is 0 Å². The Morgan fingerprint density at radius 2 is 1.71 bits per heavy atom. The van der Waals surface area contributed by atoms with E-state index in [0.29, 0.717) is 12.8 Å². The van der Waals surface area contributed by atoms with Crippen LogP contribution < -0.4 is 0 Å². The third kappa shape index (κ3) is 2.04. The van der Waals surface area contributed by atoms with Crippen molar-refractivity contribution in [1.82, 2.24) is 0 Å². The van der Waals surface area contributed by atoms with Gasteiger partial charge in [0, 0.05) is 18.4 Å². The van der Waals surface area contributed by atoms with Crippen molar-refractivity contribution in [3.63, 3.8) is 0 Å². The summed E-state index contributed by atoms with van der Waals surface area (Å²) in [6.07, 6.45) is 5.24. The van der Waals surface area contributed by atoms with Gasteiger partial charge in [-0.25, -0.2) is 0 Å². The minimum Gasteiger partial charge on any atom is -0.377 e. The van der Waals surface area contributed by atoms with E-state index in [1.807, 2.05) is 42.5 Å². The quantitative estimate of drug-likeness (QED) is 0.483. The molecular formula is C13H12O. The van der Waals surface area contributed by atoms with Crippen molar-refractivity contribution < 1.29 is 5.11 Å². The summed E-state index contributed by atoms with van der Waals surface area (Å²) in [5, 5.41) is 9.92. The number of aliphatic hydroxyl groups is 1. The van der Waals surface area contributed by atoms with Gasteiger partial charge in [0.05, 0.1) is 0 Å². The highest BCUT2D eigenvalue weighted by molar-refractivity contribution is 5.37. The molecule has 0 saturated heterocycles. The summed E-state index contributed by atoms with van der Waals surface area (Å²) in [7, 11) is 0. The molecule has 0 amide bonds. The molecule has 0 atom stereocenters. The van der Waals surface area contributed by atoms with Crippen molar-refractivity contribution in [1.29, 1.82) is 0 Å². The third-order valence-corrected chi connectivity index (χ3v) is 2.29. The van der Waals surface area contributed by atoms with Gasteiger partial charge in [-0.1, -0.05) is 42.2 Å². The van der Waals surface area contributed by atoms with E-state index < -0.39 is 5.60 Å². The van der Waals surface area contributed by atoms with Crippen LogP contribution in [0.15, 0.2) is 42.5 Å². The number of benzene rings is 1. The van der Waals surface area contributed by atoms with E-state index >= 15 is 0 Å². The summed E-state index contributed by atoms with van der Waals surface area (Å²) in [6, 6.07) is 9.73. The summed E-state index contributed by atoms with van der Waals surface area (Å²) >= 11 is 0. The highest BCUT2D eigenvalue weighted by Gasteiger charge is 2.24. The molecule has 1 nitrogen and oxygen atoms in total. The van der Waals surface area contributed by atoms with E-state index in [0.717, 1.165) is 5.56 Å². The topological polar surface area (TPSA) is 20.2 Å². The third-order valence-electron chi connectivity index (χ3n) is 2.29. The lowest BCUT2D eigenvalue weighted by Gasteiger charge is -2.12. The SMILES string of the molecule is OC1(C#Cc2ccccc2)CC=CC1. The van der Waals surface area contributed by atoms with Crippen molar-refractivity contribution >= 4 is 0 Å². The van der Waals surface area contributed by atoms with Crippen molar-refractivity contribution in [2.45, 2.75) is 18.4 Å². The molecular weight excluding hydrogens is 172 g/mol. The van der Waals surface area contributed by atoms with Crippen LogP contribution in [-0.2, 0) is 0 Å². The molecule has 2 rings (SSSR count). The maximum absolute atomic E-state index is 9.92. The van der Waals surface area contributed by atoms with Gasteiger partial charge in [-0.2, -0.15) is 0 Å². The molecule has 14 heavy (non-hydrogen) atoms. The Kier molecular flexibility index (Phi) is 2.39. The Morgan fingerprint density at radius 1 is 1.07 bits per heavy atom. The normalized spacial score (nSPS) is 17.5. The van der Waals surface area contributed by atoms with Gasteiger partial charge in [0.1, 0.15) is 5.60 Å². The van der Waals surface area contributed by atoms with E-state index in [9.17, 15) is 5.11 Å². The van der Waals surface area contributed by atoms with Crippen molar-refractivity contribution in [3.05, 3.63) is 48.0 Å². The molecule has 1 aliphatic carbocycles. The number of hydrogen-bond donors (Lipinski definition) is 1. The van der Waals surface area contributed by atoms with Gasteiger partial charge in [0.2, 0.25) is 0 Å². The summed E-state index contributed by atoms with van der Waals surface area (Å²) in [6.45, 7) is 0. The Bertz CT molecular complexity index is 384. The first kappa shape index (κ1) is 9.05. The van der Waals surface area contributed by atoms with Crippen LogP contribution in [0.2, 0.25) is 0 Å². The van der Waals surface area contributed by atoms with Gasteiger partial charge in [-0.05, 0) is 12.1 Å². The fourth-order valence-electron chi connectivity index (χ4n) is 1.45. The molecule has 1 aromatic rings. The highest BCUT2D eigenvalue weighted by atomic mass is 16.3. The molecule has 1 aromatic carbocycles. The average molecular weight is 184 g/mol. The molecule has 0 aliphatic heterocycles. The smallest absolute Gasteiger partial charge is 0.132 e. The van der Waals surface area contributed by atoms with Gasteiger partial charge < -0.3 is 5.11 Å². The van der Waals surface area contributed by atoms with Crippen LogP contribution in [0.1, 0.15) is 18.4 Å². The Morgan fingerprint density at radius 3 is 2.36 bits per heavy atom. The molecule has 70 valence electrons. The van der Waals surface area contributed by atoms with E-state index in [-0.39, 0.29) is 0 Å². The predicted molar refractivity (Wildman–Crippen MR) is 56.6 cm³/mol. The van der Waals surface area contributed by atoms with Gasteiger partial charge in [-0.3, -0.25) is 0 Å². The van der Waals surface area contributed by atoms with Crippen LogP contribution >= 0.6 is 0 Å². The second kappa shape index (κ2) is 3.69. The predicted octanol–water partition coefficient (Wildman–Crippen LogP) is 2.12. The van der Waals surface area contributed by atoms with Gasteiger partial charge in [0.15, 0.2) is 0 Å². The zero-order valence-electron chi connectivity index (χ0n) is 7.90. The van der Waals surface area contributed by atoms with E-state index in [4.69, 9.17) is 0 Å². The first-order valence-corrected chi connectivity index (χ1v) is 4.74. The summed E-state index contributed by atoms with van der Waals surface area (Å²) < 4.78 is 0. The fourth-order valence-corrected chi connectivity index (χ4v) is 1.45. The molecule has 0 saturated carbocycles. The molecule has 0 heterocycles. The average Bonchev–Trinajstić information content (AvgIpc) is 2.65. The van der Waals surface area contributed by atoms with Crippen molar-refractivity contribution in [3.8, 4) is 11.8 Å². The number of rotatable bonds is 0. The van der Waals surface area contributed by atoms with Crippen LogP contribution in [0.5, 0.6) is 0 Å². The first-order valence-electron chi connectivity index (χ1n) is 4.74. The molecule has 0 unspecified atom stereocenters. The zero-order valence-corrected chi connectivity index (χ0v) is 7.90. The number of hydrogen-bond acceptors (Lipinski definition) is 1. The standard InChI is InChI=1S/C13H12O/c14-13(9-4-5-10-13)11-8-12-6-2-1-3-7-12/h1-7,14H,9-10H2. The highest BCUT2D eigenvalue weighted by Crippen LogP contribution is 2.22. The molecule has 1 aliphatic rings. The largest absolute Gasteiger partial charge is 0.377 e. The second-order valence-electron chi connectivity index (χ2n) is 3.53. The zero-order chi connectivity index (χ0) is 9.86. The van der Waals surface area contributed by atoms with Gasteiger partial charge >= 0.3 is 0 Å². The molecule has 0 aromatic heterocycles. The lowest BCUT2D eigenvalue weighted by atomic mass is 10.0. The van der Waals surface area contributed by atoms with Crippen LogP contribution in [0.25, 0.3) is 0 Å². The monoisotopic (exact) mass is 184 g/mol. The van der Waals surface area contributed by atoms with Crippen LogP contribution in [0.4, 0.5) is 0 Å². The van der Waals surface area contributed by atoms with E-state index in [1.54, 1.807) is 0 Å². The van der Waals surface area contributed by atoms with E-state index in [1.165, 1.54) is 0 Å². The summed E-state index contributed by atoms with van der Waals surface area (Å²) in [4.78, 5) is 0. The molecule has 0 bridgehead atoms. The minimum atomic E-state index is -0.824. The Balaban J connectivity index is 2.14. The summed E-state index contributed by atoms with van der Waals surface area (Å²) in [5.41, 5.74) is 0.128. The lowest BCUT2D eigenvalue weighted by molar-refractivity contribution is 0.116. The second-order valence-corrected chi connectivity index (χ2v) is 3.53. The Hall–Kier alpha value is -1.52. The van der Waals surface area contributed by atoms with Crippen LogP contribution in [-0.4, -0.2) is 10.7 Å². The van der Waals surface area contributed by atoms with Gasteiger partial charge in [0.25, 0.3) is 0 Å². The maximum Gasteiger partial charge on any atom is 0.132 e. The fraction of sp³-hybridized carbons (Fsp3) is 0.231. The molecule has 0 radical (unpaired) electrons. The lowest BCUT2D eigenvalue weighted by Crippen LogP contribution is -2.21.